The van der Waals surface area contributed by atoms with Crippen LogP contribution in [0.5, 0.6) is 0 Å². The largest absolute Gasteiger partial charge is 0.376 e. The predicted octanol–water partition coefficient (Wildman–Crippen LogP) is 3.24. The summed E-state index contributed by atoms with van der Waals surface area (Å²) in [5, 5.41) is 0. The normalized spacial score (nSPS) is 29.2. The minimum absolute atomic E-state index is 0.137. The Bertz CT molecular complexity index is 138. The highest BCUT2D eigenvalue weighted by molar-refractivity contribution is 4.79. The topological polar surface area (TPSA) is 9.23 Å². The molecular formula is C11H22O. The molecular weight excluding hydrogens is 148 g/mol. The first kappa shape index (κ1) is 10.0. The van der Waals surface area contributed by atoms with E-state index in [0.29, 0.717) is 0 Å². The fraction of sp³-hybridized carbons (Fsp3) is 1.00. The van der Waals surface area contributed by atoms with Crippen LogP contribution >= 0.6 is 0 Å². The second-order valence-electron chi connectivity index (χ2n) is 5.10. The van der Waals surface area contributed by atoms with Crippen molar-refractivity contribution in [3.05, 3.63) is 0 Å². The van der Waals surface area contributed by atoms with E-state index in [1.54, 1.807) is 0 Å². The van der Waals surface area contributed by atoms with Gasteiger partial charge in [-0.2, -0.15) is 0 Å². The molecule has 0 aromatic carbocycles. The SMILES string of the molecule is CC(C)CC1CCOC(C)(C)C1. The van der Waals surface area contributed by atoms with Crippen molar-refractivity contribution in [1.29, 1.82) is 0 Å². The Kier molecular flexibility index (Phi) is 3.16. The van der Waals surface area contributed by atoms with Crippen molar-refractivity contribution in [3.63, 3.8) is 0 Å². The van der Waals surface area contributed by atoms with Crippen LogP contribution in [0.2, 0.25) is 0 Å². The van der Waals surface area contributed by atoms with Gasteiger partial charge in [-0.3, -0.25) is 0 Å². The van der Waals surface area contributed by atoms with Crippen LogP contribution in [0.25, 0.3) is 0 Å². The zero-order valence-electron chi connectivity index (χ0n) is 8.89. The van der Waals surface area contributed by atoms with Gasteiger partial charge in [0.15, 0.2) is 0 Å². The summed E-state index contributed by atoms with van der Waals surface area (Å²) in [7, 11) is 0. The van der Waals surface area contributed by atoms with E-state index in [4.69, 9.17) is 4.74 Å². The van der Waals surface area contributed by atoms with Crippen LogP contribution in [0.3, 0.4) is 0 Å². The summed E-state index contributed by atoms with van der Waals surface area (Å²) >= 11 is 0. The van der Waals surface area contributed by atoms with Crippen molar-refractivity contribution in [2.24, 2.45) is 11.8 Å². The quantitative estimate of drug-likeness (QED) is 0.618. The molecule has 0 aromatic heterocycles. The molecule has 0 amide bonds. The van der Waals surface area contributed by atoms with Crippen molar-refractivity contribution >= 4 is 0 Å². The van der Waals surface area contributed by atoms with Gasteiger partial charge in [0, 0.05) is 6.61 Å². The molecule has 0 bridgehead atoms. The van der Waals surface area contributed by atoms with Gasteiger partial charge < -0.3 is 4.74 Å². The Morgan fingerprint density at radius 3 is 2.58 bits per heavy atom. The standard InChI is InChI=1S/C11H22O/c1-9(2)7-10-5-6-12-11(3,4)8-10/h9-10H,5-8H2,1-4H3. The highest BCUT2D eigenvalue weighted by Gasteiger charge is 2.28. The third-order valence-electron chi connectivity index (χ3n) is 2.60. The van der Waals surface area contributed by atoms with Crippen LogP contribution < -0.4 is 0 Å². The molecule has 0 aliphatic carbocycles. The van der Waals surface area contributed by atoms with Crippen LogP contribution in [-0.4, -0.2) is 12.2 Å². The fourth-order valence-electron chi connectivity index (χ4n) is 2.23. The van der Waals surface area contributed by atoms with Gasteiger partial charge in [0.05, 0.1) is 5.60 Å². The van der Waals surface area contributed by atoms with Crippen LogP contribution in [0.1, 0.15) is 47.0 Å². The predicted molar refractivity (Wildman–Crippen MR) is 52.2 cm³/mol. The zero-order valence-corrected chi connectivity index (χ0v) is 8.89. The maximum atomic E-state index is 5.68. The number of rotatable bonds is 2. The Balaban J connectivity index is 2.36. The summed E-state index contributed by atoms with van der Waals surface area (Å²) in [5.74, 6) is 1.73. The lowest BCUT2D eigenvalue weighted by Crippen LogP contribution is -2.34. The van der Waals surface area contributed by atoms with E-state index in [2.05, 4.69) is 27.7 Å². The number of ether oxygens (including phenoxy) is 1. The Hall–Kier alpha value is -0.0400. The molecule has 1 unspecified atom stereocenters. The van der Waals surface area contributed by atoms with Crippen LogP contribution in [-0.2, 0) is 4.74 Å². The first-order chi connectivity index (χ1) is 5.49. The maximum absolute atomic E-state index is 5.68. The van der Waals surface area contributed by atoms with Crippen molar-refractivity contribution in [3.8, 4) is 0 Å². The van der Waals surface area contributed by atoms with E-state index in [1.807, 2.05) is 0 Å². The third kappa shape index (κ3) is 3.14. The average molecular weight is 170 g/mol. The first-order valence-corrected chi connectivity index (χ1v) is 5.13. The molecule has 0 N–H and O–H groups in total. The molecule has 1 rings (SSSR count). The summed E-state index contributed by atoms with van der Waals surface area (Å²) in [6.07, 6.45) is 3.87. The molecule has 0 aromatic rings. The van der Waals surface area contributed by atoms with Crippen LogP contribution in [0.15, 0.2) is 0 Å². The van der Waals surface area contributed by atoms with Gasteiger partial charge in [0.1, 0.15) is 0 Å². The lowest BCUT2D eigenvalue weighted by Gasteiger charge is -2.36. The van der Waals surface area contributed by atoms with Gasteiger partial charge >= 0.3 is 0 Å². The summed E-state index contributed by atoms with van der Waals surface area (Å²) < 4.78 is 5.68. The van der Waals surface area contributed by atoms with Gasteiger partial charge in [-0.25, -0.2) is 0 Å². The average Bonchev–Trinajstić information content (AvgIpc) is 1.82. The fourth-order valence-corrected chi connectivity index (χ4v) is 2.23. The van der Waals surface area contributed by atoms with Crippen LogP contribution in [0.4, 0.5) is 0 Å². The molecule has 1 heterocycles. The van der Waals surface area contributed by atoms with Gasteiger partial charge in [-0.1, -0.05) is 13.8 Å². The molecule has 72 valence electrons. The molecule has 0 spiro atoms. The third-order valence-corrected chi connectivity index (χ3v) is 2.60. The van der Waals surface area contributed by atoms with Crippen molar-refractivity contribution in [2.75, 3.05) is 6.61 Å². The molecule has 1 fully saturated rings. The minimum Gasteiger partial charge on any atom is -0.376 e. The molecule has 0 radical (unpaired) electrons. The van der Waals surface area contributed by atoms with E-state index in [9.17, 15) is 0 Å². The molecule has 0 saturated carbocycles. The molecule has 1 aliphatic heterocycles. The molecule has 1 heteroatoms. The van der Waals surface area contributed by atoms with E-state index < -0.39 is 0 Å². The zero-order chi connectivity index (χ0) is 9.19. The maximum Gasteiger partial charge on any atom is 0.0629 e. The highest BCUT2D eigenvalue weighted by Crippen LogP contribution is 2.32. The van der Waals surface area contributed by atoms with Crippen LogP contribution in [0, 0.1) is 11.8 Å². The van der Waals surface area contributed by atoms with Gasteiger partial charge in [-0.15, -0.1) is 0 Å². The summed E-state index contributed by atoms with van der Waals surface area (Å²) in [6.45, 7) is 9.99. The number of hydrogen-bond donors (Lipinski definition) is 0. The van der Waals surface area contributed by atoms with Crippen molar-refractivity contribution in [1.82, 2.24) is 0 Å². The highest BCUT2D eigenvalue weighted by atomic mass is 16.5. The smallest absolute Gasteiger partial charge is 0.0629 e. The summed E-state index contributed by atoms with van der Waals surface area (Å²) in [4.78, 5) is 0. The second-order valence-corrected chi connectivity index (χ2v) is 5.10. The van der Waals surface area contributed by atoms with Crippen molar-refractivity contribution < 1.29 is 4.74 Å². The Morgan fingerprint density at radius 2 is 2.08 bits per heavy atom. The Morgan fingerprint density at radius 1 is 1.42 bits per heavy atom. The van der Waals surface area contributed by atoms with Gasteiger partial charge in [0.2, 0.25) is 0 Å². The van der Waals surface area contributed by atoms with Crippen molar-refractivity contribution in [2.45, 2.75) is 52.6 Å². The van der Waals surface area contributed by atoms with E-state index >= 15 is 0 Å². The van der Waals surface area contributed by atoms with E-state index in [1.165, 1.54) is 19.3 Å². The summed E-state index contributed by atoms with van der Waals surface area (Å²) in [5.41, 5.74) is 0.137. The van der Waals surface area contributed by atoms with Gasteiger partial charge in [0.25, 0.3) is 0 Å². The molecule has 1 saturated heterocycles. The van der Waals surface area contributed by atoms with Gasteiger partial charge in [-0.05, 0) is 44.9 Å². The molecule has 12 heavy (non-hydrogen) atoms. The lowest BCUT2D eigenvalue weighted by atomic mass is 9.83. The first-order valence-electron chi connectivity index (χ1n) is 5.13. The monoisotopic (exact) mass is 170 g/mol. The Labute approximate surface area is 76.5 Å². The molecule has 1 atom stereocenters. The summed E-state index contributed by atoms with van der Waals surface area (Å²) in [6, 6.07) is 0. The minimum atomic E-state index is 0.137. The van der Waals surface area contributed by atoms with E-state index in [0.717, 1.165) is 18.4 Å². The number of hydrogen-bond acceptors (Lipinski definition) is 1. The second kappa shape index (κ2) is 3.78. The lowest BCUT2D eigenvalue weighted by molar-refractivity contribution is -0.0751. The molecule has 1 nitrogen and oxygen atoms in total. The van der Waals surface area contributed by atoms with E-state index in [-0.39, 0.29) is 5.60 Å². The molecule has 1 aliphatic rings.